The third kappa shape index (κ3) is 3.23. The van der Waals surface area contributed by atoms with Gasteiger partial charge in [-0.25, -0.2) is 0 Å². The lowest BCUT2D eigenvalue weighted by molar-refractivity contribution is -0.129. The Labute approximate surface area is 108 Å². The van der Waals surface area contributed by atoms with Gasteiger partial charge in [-0.3, -0.25) is 4.79 Å². The maximum atomic E-state index is 12.0. The van der Waals surface area contributed by atoms with E-state index in [-0.39, 0.29) is 11.9 Å². The molecule has 4 nitrogen and oxygen atoms in total. The molecule has 0 saturated carbocycles. The Morgan fingerprint density at radius 2 is 2.17 bits per heavy atom. The zero-order valence-corrected chi connectivity index (χ0v) is 10.8. The van der Waals surface area contributed by atoms with Crippen molar-refractivity contribution in [2.75, 3.05) is 19.7 Å². The van der Waals surface area contributed by atoms with Gasteiger partial charge in [0.15, 0.2) is 0 Å². The first kappa shape index (κ1) is 12.9. The zero-order chi connectivity index (χ0) is 13.0. The molecule has 1 heterocycles. The van der Waals surface area contributed by atoms with Crippen LogP contribution in [-0.2, 0) is 11.2 Å². The molecule has 0 spiro atoms. The number of hydrogen-bond donors (Lipinski definition) is 1. The highest BCUT2D eigenvalue weighted by Gasteiger charge is 2.23. The minimum atomic E-state index is 0.147. The quantitative estimate of drug-likeness (QED) is 0.870. The fourth-order valence-corrected chi connectivity index (χ4v) is 2.17. The van der Waals surface area contributed by atoms with Gasteiger partial charge in [-0.1, -0.05) is 12.1 Å². The number of carbonyl (C=O) groups excluding carboxylic acids is 1. The average Bonchev–Trinajstić information content (AvgIpc) is 2.79. The lowest BCUT2D eigenvalue weighted by atomic mass is 10.1. The molecule has 2 N–H and O–H groups in total. The predicted molar refractivity (Wildman–Crippen MR) is 70.5 cm³/mol. The maximum absolute atomic E-state index is 12.0. The zero-order valence-electron chi connectivity index (χ0n) is 10.8. The molecule has 1 aromatic carbocycles. The van der Waals surface area contributed by atoms with Crippen LogP contribution in [0.2, 0.25) is 0 Å². The van der Waals surface area contributed by atoms with Gasteiger partial charge >= 0.3 is 0 Å². The van der Waals surface area contributed by atoms with Gasteiger partial charge in [-0.05, 0) is 31.0 Å². The number of nitrogens with two attached hydrogens (primary N) is 1. The van der Waals surface area contributed by atoms with Crippen LogP contribution < -0.4 is 10.5 Å². The van der Waals surface area contributed by atoms with Gasteiger partial charge in [0.2, 0.25) is 5.91 Å². The highest BCUT2D eigenvalue weighted by Crippen LogP contribution is 2.14. The first-order valence-electron chi connectivity index (χ1n) is 6.44. The first-order valence-corrected chi connectivity index (χ1v) is 6.44. The summed E-state index contributed by atoms with van der Waals surface area (Å²) in [5.74, 6) is 1.00. The largest absolute Gasteiger partial charge is 0.494 e. The van der Waals surface area contributed by atoms with Crippen LogP contribution in [0.5, 0.6) is 5.75 Å². The maximum Gasteiger partial charge on any atom is 0.227 e. The summed E-state index contributed by atoms with van der Waals surface area (Å²) in [4.78, 5) is 13.9. The van der Waals surface area contributed by atoms with Gasteiger partial charge in [0.1, 0.15) is 5.75 Å². The van der Waals surface area contributed by atoms with Crippen molar-refractivity contribution in [2.24, 2.45) is 5.73 Å². The molecule has 0 aliphatic carbocycles. The van der Waals surface area contributed by atoms with Crippen molar-refractivity contribution in [1.29, 1.82) is 0 Å². The van der Waals surface area contributed by atoms with Crippen LogP contribution in [0.25, 0.3) is 0 Å². The molecule has 1 aromatic rings. The van der Waals surface area contributed by atoms with Crippen LogP contribution in [0, 0.1) is 0 Å². The Kier molecular flexibility index (Phi) is 4.20. The van der Waals surface area contributed by atoms with Gasteiger partial charge in [0, 0.05) is 19.1 Å². The van der Waals surface area contributed by atoms with E-state index in [1.165, 1.54) is 0 Å². The van der Waals surface area contributed by atoms with Crippen molar-refractivity contribution >= 4 is 5.91 Å². The SMILES string of the molecule is CCOc1ccc(CC(=O)N2CCC(N)C2)cc1. The molecular formula is C14H20N2O2. The number of amides is 1. The van der Waals surface area contributed by atoms with Crippen molar-refractivity contribution in [1.82, 2.24) is 4.90 Å². The van der Waals surface area contributed by atoms with Crippen molar-refractivity contribution in [3.8, 4) is 5.75 Å². The first-order chi connectivity index (χ1) is 8.69. The fourth-order valence-electron chi connectivity index (χ4n) is 2.17. The Bertz CT molecular complexity index is 403. The smallest absolute Gasteiger partial charge is 0.227 e. The van der Waals surface area contributed by atoms with Crippen molar-refractivity contribution in [2.45, 2.75) is 25.8 Å². The average molecular weight is 248 g/mol. The normalized spacial score (nSPS) is 19.0. The number of carbonyl (C=O) groups is 1. The molecule has 0 aromatic heterocycles. The van der Waals surface area contributed by atoms with E-state index in [4.69, 9.17) is 10.5 Å². The van der Waals surface area contributed by atoms with Gasteiger partial charge in [-0.15, -0.1) is 0 Å². The molecule has 2 rings (SSSR count). The minimum Gasteiger partial charge on any atom is -0.494 e. The Morgan fingerprint density at radius 3 is 2.72 bits per heavy atom. The monoisotopic (exact) mass is 248 g/mol. The summed E-state index contributed by atoms with van der Waals surface area (Å²) in [5.41, 5.74) is 6.82. The van der Waals surface area contributed by atoms with Gasteiger partial charge in [0.05, 0.1) is 13.0 Å². The third-order valence-corrected chi connectivity index (χ3v) is 3.17. The highest BCUT2D eigenvalue weighted by atomic mass is 16.5. The van der Waals surface area contributed by atoms with Gasteiger partial charge in [-0.2, -0.15) is 0 Å². The summed E-state index contributed by atoms with van der Waals surface area (Å²) < 4.78 is 5.37. The third-order valence-electron chi connectivity index (χ3n) is 3.17. The van der Waals surface area contributed by atoms with Crippen LogP contribution in [0.1, 0.15) is 18.9 Å². The molecule has 0 bridgehead atoms. The number of benzene rings is 1. The minimum absolute atomic E-state index is 0.147. The van der Waals surface area contributed by atoms with E-state index < -0.39 is 0 Å². The van der Waals surface area contributed by atoms with Crippen LogP contribution in [0.3, 0.4) is 0 Å². The predicted octanol–water partition coefficient (Wildman–Crippen LogP) is 1.19. The summed E-state index contributed by atoms with van der Waals surface area (Å²) in [6.07, 6.45) is 1.36. The van der Waals surface area contributed by atoms with Crippen LogP contribution >= 0.6 is 0 Å². The lowest BCUT2D eigenvalue weighted by Gasteiger charge is -2.15. The van der Waals surface area contributed by atoms with E-state index in [1.807, 2.05) is 36.1 Å². The molecule has 1 aliphatic rings. The fraction of sp³-hybridized carbons (Fsp3) is 0.500. The van der Waals surface area contributed by atoms with Gasteiger partial charge in [0.25, 0.3) is 0 Å². The van der Waals surface area contributed by atoms with E-state index in [0.29, 0.717) is 19.6 Å². The number of hydrogen-bond acceptors (Lipinski definition) is 3. The van der Waals surface area contributed by atoms with Crippen molar-refractivity contribution in [3.63, 3.8) is 0 Å². The number of rotatable bonds is 4. The summed E-state index contributed by atoms with van der Waals surface area (Å²) in [5, 5.41) is 0. The molecule has 4 heteroatoms. The Balaban J connectivity index is 1.90. The second kappa shape index (κ2) is 5.87. The summed E-state index contributed by atoms with van der Waals surface area (Å²) in [6.45, 7) is 4.09. The van der Waals surface area contributed by atoms with E-state index in [1.54, 1.807) is 0 Å². The summed E-state index contributed by atoms with van der Waals surface area (Å²) >= 11 is 0. The highest BCUT2D eigenvalue weighted by molar-refractivity contribution is 5.79. The Morgan fingerprint density at radius 1 is 1.44 bits per heavy atom. The molecule has 98 valence electrons. The number of nitrogens with zero attached hydrogens (tertiary/aromatic N) is 1. The second-order valence-electron chi connectivity index (χ2n) is 4.64. The van der Waals surface area contributed by atoms with Crippen molar-refractivity contribution < 1.29 is 9.53 Å². The van der Waals surface area contributed by atoms with E-state index in [0.717, 1.165) is 24.3 Å². The Hall–Kier alpha value is -1.55. The van der Waals surface area contributed by atoms with Crippen LogP contribution in [-0.4, -0.2) is 36.5 Å². The molecule has 0 radical (unpaired) electrons. The number of likely N-dealkylation sites (tertiary alicyclic amines) is 1. The summed E-state index contributed by atoms with van der Waals surface area (Å²) in [6, 6.07) is 7.84. The van der Waals surface area contributed by atoms with Gasteiger partial charge < -0.3 is 15.4 Å². The molecule has 1 fully saturated rings. The molecule has 1 aliphatic heterocycles. The van der Waals surface area contributed by atoms with Crippen LogP contribution in [0.15, 0.2) is 24.3 Å². The molecular weight excluding hydrogens is 228 g/mol. The molecule has 1 atom stereocenters. The van der Waals surface area contributed by atoms with E-state index >= 15 is 0 Å². The van der Waals surface area contributed by atoms with Crippen molar-refractivity contribution in [3.05, 3.63) is 29.8 Å². The lowest BCUT2D eigenvalue weighted by Crippen LogP contribution is -2.32. The molecule has 1 saturated heterocycles. The molecule has 1 amide bonds. The molecule has 1 unspecified atom stereocenters. The molecule has 18 heavy (non-hydrogen) atoms. The topological polar surface area (TPSA) is 55.6 Å². The summed E-state index contributed by atoms with van der Waals surface area (Å²) in [7, 11) is 0. The number of ether oxygens (including phenoxy) is 1. The van der Waals surface area contributed by atoms with E-state index in [9.17, 15) is 4.79 Å². The van der Waals surface area contributed by atoms with E-state index in [2.05, 4.69) is 0 Å². The van der Waals surface area contributed by atoms with Crippen LogP contribution in [0.4, 0.5) is 0 Å². The standard InChI is InChI=1S/C14H20N2O2/c1-2-18-13-5-3-11(4-6-13)9-14(17)16-8-7-12(15)10-16/h3-6,12H,2,7-10,15H2,1H3. The second-order valence-corrected chi connectivity index (χ2v) is 4.64.